The molecule has 0 aliphatic heterocycles. The van der Waals surface area contributed by atoms with Crippen LogP contribution in [0.4, 0.5) is 5.69 Å². The summed E-state index contributed by atoms with van der Waals surface area (Å²) in [6.07, 6.45) is 2.16. The Morgan fingerprint density at radius 1 is 1.40 bits per heavy atom. The van der Waals surface area contributed by atoms with Gasteiger partial charge < -0.3 is 5.73 Å². The summed E-state index contributed by atoms with van der Waals surface area (Å²) in [5, 5.41) is 0. The minimum absolute atomic E-state index is 0.300. The van der Waals surface area contributed by atoms with E-state index in [1.807, 2.05) is 24.3 Å². The van der Waals surface area contributed by atoms with Crippen LogP contribution in [0.15, 0.2) is 24.3 Å². The molecule has 0 radical (unpaired) electrons. The molecule has 0 saturated heterocycles. The first kappa shape index (κ1) is 11.8. The van der Waals surface area contributed by atoms with E-state index in [0.717, 1.165) is 17.7 Å². The topological polar surface area (TPSA) is 43.1 Å². The lowest BCUT2D eigenvalue weighted by atomic mass is 10.0. The predicted octanol–water partition coefficient (Wildman–Crippen LogP) is 2.82. The fourth-order valence-corrected chi connectivity index (χ4v) is 1.47. The highest BCUT2D eigenvalue weighted by Crippen LogP contribution is 2.10. The van der Waals surface area contributed by atoms with Crippen LogP contribution in [0.25, 0.3) is 0 Å². The number of carbonyl (C=O) groups is 1. The van der Waals surface area contributed by atoms with Crippen LogP contribution in [-0.2, 0) is 11.2 Å². The molecule has 1 rings (SSSR count). The van der Waals surface area contributed by atoms with Gasteiger partial charge in [0.2, 0.25) is 0 Å². The zero-order valence-corrected chi connectivity index (χ0v) is 9.49. The molecule has 2 nitrogen and oxygen atoms in total. The molecule has 0 aliphatic carbocycles. The number of carbonyl (C=O) groups excluding carboxylic acids is 1. The molecule has 0 unspecified atom stereocenters. The fraction of sp³-hybridized carbons (Fsp3) is 0.462. The molecule has 2 heteroatoms. The van der Waals surface area contributed by atoms with E-state index < -0.39 is 0 Å². The lowest BCUT2D eigenvalue weighted by molar-refractivity contribution is -0.118. The molecule has 0 heterocycles. The van der Waals surface area contributed by atoms with Gasteiger partial charge in [0.05, 0.1) is 0 Å². The SMILES string of the molecule is CC(C)CCC(=O)Cc1cccc(N)c1. The molecule has 1 aromatic rings. The third-order valence-electron chi connectivity index (χ3n) is 2.35. The van der Waals surface area contributed by atoms with Gasteiger partial charge in [-0.2, -0.15) is 0 Å². The van der Waals surface area contributed by atoms with Crippen LogP contribution in [0.1, 0.15) is 32.3 Å². The van der Waals surface area contributed by atoms with Crippen molar-refractivity contribution in [2.24, 2.45) is 5.92 Å². The number of ketones is 1. The van der Waals surface area contributed by atoms with Crippen LogP contribution in [0.5, 0.6) is 0 Å². The lowest BCUT2D eigenvalue weighted by Crippen LogP contribution is -2.04. The van der Waals surface area contributed by atoms with Crippen LogP contribution in [0, 0.1) is 5.92 Å². The Morgan fingerprint density at radius 3 is 2.73 bits per heavy atom. The molecular formula is C13H19NO. The molecule has 0 bridgehead atoms. The van der Waals surface area contributed by atoms with Gasteiger partial charge in [0.15, 0.2) is 0 Å². The van der Waals surface area contributed by atoms with Gasteiger partial charge in [-0.1, -0.05) is 26.0 Å². The van der Waals surface area contributed by atoms with Crippen LogP contribution in [0.2, 0.25) is 0 Å². The maximum absolute atomic E-state index is 11.6. The van der Waals surface area contributed by atoms with E-state index in [4.69, 9.17) is 5.73 Å². The van der Waals surface area contributed by atoms with Crippen molar-refractivity contribution < 1.29 is 4.79 Å². The van der Waals surface area contributed by atoms with Crippen LogP contribution in [0.3, 0.4) is 0 Å². The van der Waals surface area contributed by atoms with E-state index >= 15 is 0 Å². The monoisotopic (exact) mass is 205 g/mol. The number of benzene rings is 1. The highest BCUT2D eigenvalue weighted by molar-refractivity contribution is 5.81. The first-order chi connectivity index (χ1) is 7.08. The summed E-state index contributed by atoms with van der Waals surface area (Å²) < 4.78 is 0. The fourth-order valence-electron chi connectivity index (χ4n) is 1.47. The average Bonchev–Trinajstić information content (AvgIpc) is 2.15. The van der Waals surface area contributed by atoms with E-state index in [1.165, 1.54) is 0 Å². The molecule has 0 atom stereocenters. The Bertz CT molecular complexity index is 331. The Labute approximate surface area is 91.5 Å². The van der Waals surface area contributed by atoms with Crippen molar-refractivity contribution in [2.45, 2.75) is 33.1 Å². The lowest BCUT2D eigenvalue weighted by Gasteiger charge is -2.04. The molecule has 2 N–H and O–H groups in total. The van der Waals surface area contributed by atoms with Crippen molar-refractivity contribution >= 4 is 11.5 Å². The molecular weight excluding hydrogens is 186 g/mol. The smallest absolute Gasteiger partial charge is 0.137 e. The Balaban J connectivity index is 2.44. The average molecular weight is 205 g/mol. The summed E-state index contributed by atoms with van der Waals surface area (Å²) in [7, 11) is 0. The van der Waals surface area contributed by atoms with Crippen molar-refractivity contribution in [3.8, 4) is 0 Å². The number of anilines is 1. The molecule has 0 fully saturated rings. The summed E-state index contributed by atoms with van der Waals surface area (Å²) >= 11 is 0. The molecule has 0 saturated carbocycles. The normalized spacial score (nSPS) is 10.6. The van der Waals surface area contributed by atoms with E-state index in [-0.39, 0.29) is 0 Å². The van der Waals surface area contributed by atoms with Gasteiger partial charge in [-0.3, -0.25) is 4.79 Å². The summed E-state index contributed by atoms with van der Waals surface area (Å²) in [6, 6.07) is 7.54. The maximum Gasteiger partial charge on any atom is 0.137 e. The largest absolute Gasteiger partial charge is 0.399 e. The Morgan fingerprint density at radius 2 is 2.13 bits per heavy atom. The third-order valence-corrected chi connectivity index (χ3v) is 2.35. The number of nitrogens with two attached hydrogens (primary N) is 1. The number of hydrogen-bond acceptors (Lipinski definition) is 2. The molecule has 1 aromatic carbocycles. The molecule has 0 aromatic heterocycles. The second-order valence-corrected chi connectivity index (χ2v) is 4.39. The van der Waals surface area contributed by atoms with Crippen molar-refractivity contribution in [3.63, 3.8) is 0 Å². The van der Waals surface area contributed by atoms with Gasteiger partial charge in [-0.05, 0) is 30.0 Å². The summed E-state index contributed by atoms with van der Waals surface area (Å²) in [4.78, 5) is 11.6. The summed E-state index contributed by atoms with van der Waals surface area (Å²) in [5.41, 5.74) is 7.39. The third kappa shape index (κ3) is 4.63. The van der Waals surface area contributed by atoms with Crippen molar-refractivity contribution in [2.75, 3.05) is 5.73 Å². The highest BCUT2D eigenvalue weighted by Gasteiger charge is 2.05. The predicted molar refractivity (Wildman–Crippen MR) is 63.6 cm³/mol. The molecule has 82 valence electrons. The van der Waals surface area contributed by atoms with Crippen LogP contribution >= 0.6 is 0 Å². The number of Topliss-reactive ketones (excluding diaryl/α,β-unsaturated/α-hetero) is 1. The van der Waals surface area contributed by atoms with Gasteiger partial charge in [-0.25, -0.2) is 0 Å². The van der Waals surface area contributed by atoms with Gasteiger partial charge >= 0.3 is 0 Å². The summed E-state index contributed by atoms with van der Waals surface area (Å²) in [6.45, 7) is 4.27. The zero-order valence-electron chi connectivity index (χ0n) is 9.49. The van der Waals surface area contributed by atoms with E-state index in [0.29, 0.717) is 24.5 Å². The van der Waals surface area contributed by atoms with E-state index in [9.17, 15) is 4.79 Å². The van der Waals surface area contributed by atoms with Gasteiger partial charge in [0.1, 0.15) is 5.78 Å². The van der Waals surface area contributed by atoms with Crippen LogP contribution < -0.4 is 5.73 Å². The van der Waals surface area contributed by atoms with Crippen LogP contribution in [-0.4, -0.2) is 5.78 Å². The number of nitrogen functional groups attached to an aromatic ring is 1. The minimum Gasteiger partial charge on any atom is -0.399 e. The van der Waals surface area contributed by atoms with E-state index in [2.05, 4.69) is 13.8 Å². The van der Waals surface area contributed by atoms with Crippen molar-refractivity contribution in [1.82, 2.24) is 0 Å². The minimum atomic E-state index is 0.300. The van der Waals surface area contributed by atoms with E-state index in [1.54, 1.807) is 0 Å². The zero-order chi connectivity index (χ0) is 11.3. The molecule has 0 aliphatic rings. The highest BCUT2D eigenvalue weighted by atomic mass is 16.1. The second-order valence-electron chi connectivity index (χ2n) is 4.39. The number of hydrogen-bond donors (Lipinski definition) is 1. The van der Waals surface area contributed by atoms with Crippen molar-refractivity contribution in [3.05, 3.63) is 29.8 Å². The quantitative estimate of drug-likeness (QED) is 0.751. The summed E-state index contributed by atoms with van der Waals surface area (Å²) in [5.74, 6) is 0.893. The Kier molecular flexibility index (Phi) is 4.35. The first-order valence-corrected chi connectivity index (χ1v) is 5.44. The first-order valence-electron chi connectivity index (χ1n) is 5.44. The van der Waals surface area contributed by atoms with Gasteiger partial charge in [0, 0.05) is 18.5 Å². The molecule has 0 amide bonds. The van der Waals surface area contributed by atoms with Gasteiger partial charge in [-0.15, -0.1) is 0 Å². The molecule has 15 heavy (non-hydrogen) atoms. The number of rotatable bonds is 5. The molecule has 0 spiro atoms. The van der Waals surface area contributed by atoms with Gasteiger partial charge in [0.25, 0.3) is 0 Å². The Hall–Kier alpha value is -1.31. The maximum atomic E-state index is 11.6. The van der Waals surface area contributed by atoms with Crippen molar-refractivity contribution in [1.29, 1.82) is 0 Å². The second kappa shape index (κ2) is 5.54. The standard InChI is InChI=1S/C13H19NO/c1-10(2)6-7-13(15)9-11-4-3-5-12(14)8-11/h3-5,8,10H,6-7,9,14H2,1-2H3.